The van der Waals surface area contributed by atoms with Gasteiger partial charge in [0, 0.05) is 19.1 Å². The molecule has 0 radical (unpaired) electrons. The Hall–Kier alpha value is -1.13. The summed E-state index contributed by atoms with van der Waals surface area (Å²) in [5.41, 5.74) is 6.54. The fraction of sp³-hybridized carbons (Fsp3) is 0.533. The highest BCUT2D eigenvalue weighted by atomic mass is 35.5. The first-order valence-electron chi connectivity index (χ1n) is 6.88. The molecule has 110 valence electrons. The monoisotopic (exact) mass is 298 g/mol. The van der Waals surface area contributed by atoms with Crippen molar-refractivity contribution >= 4 is 17.5 Å². The number of hydrogen-bond donors (Lipinski definition) is 1. The molecule has 1 saturated carbocycles. The number of halogens is 2. The molecular formula is C15H20ClFN2O. The van der Waals surface area contributed by atoms with E-state index in [2.05, 4.69) is 0 Å². The summed E-state index contributed by atoms with van der Waals surface area (Å²) in [5.74, 6) is -0.633. The van der Waals surface area contributed by atoms with Crippen molar-refractivity contribution in [2.75, 3.05) is 7.05 Å². The zero-order valence-corrected chi connectivity index (χ0v) is 12.6. The number of nitrogens with two attached hydrogens (primary N) is 1. The van der Waals surface area contributed by atoms with Crippen LogP contribution >= 0.6 is 11.6 Å². The van der Waals surface area contributed by atoms with Gasteiger partial charge in [0.25, 0.3) is 5.91 Å². The van der Waals surface area contributed by atoms with E-state index in [-0.39, 0.29) is 23.6 Å². The van der Waals surface area contributed by atoms with Crippen molar-refractivity contribution in [2.45, 2.75) is 44.7 Å². The van der Waals surface area contributed by atoms with Crippen LogP contribution in [0.25, 0.3) is 0 Å². The minimum Gasteiger partial charge on any atom is -0.339 e. The molecule has 0 bridgehead atoms. The SMILES string of the molecule is Cc1cc(Cl)c(C(=O)N(C)C2CCC(N)CC2)cc1F. The van der Waals surface area contributed by atoms with Gasteiger partial charge < -0.3 is 10.6 Å². The predicted molar refractivity (Wildman–Crippen MR) is 78.5 cm³/mol. The van der Waals surface area contributed by atoms with E-state index in [4.69, 9.17) is 17.3 Å². The van der Waals surface area contributed by atoms with Gasteiger partial charge in [0.1, 0.15) is 5.82 Å². The van der Waals surface area contributed by atoms with E-state index in [0.717, 1.165) is 25.7 Å². The number of hydrogen-bond acceptors (Lipinski definition) is 2. The summed E-state index contributed by atoms with van der Waals surface area (Å²) in [6, 6.07) is 3.11. The van der Waals surface area contributed by atoms with Crippen LogP contribution in [0, 0.1) is 12.7 Å². The van der Waals surface area contributed by atoms with Crippen LogP contribution in [0.3, 0.4) is 0 Å². The van der Waals surface area contributed by atoms with Crippen LogP contribution in [0.2, 0.25) is 5.02 Å². The number of carbonyl (C=O) groups is 1. The molecule has 0 saturated heterocycles. The molecular weight excluding hydrogens is 279 g/mol. The first-order chi connectivity index (χ1) is 9.40. The Bertz CT molecular complexity index is 513. The molecule has 0 atom stereocenters. The molecule has 0 aromatic heterocycles. The lowest BCUT2D eigenvalue weighted by atomic mass is 9.90. The zero-order valence-electron chi connectivity index (χ0n) is 11.8. The molecule has 0 unspecified atom stereocenters. The third kappa shape index (κ3) is 3.13. The first-order valence-corrected chi connectivity index (χ1v) is 7.26. The Balaban J connectivity index is 2.16. The Morgan fingerprint density at radius 3 is 2.55 bits per heavy atom. The molecule has 5 heteroatoms. The van der Waals surface area contributed by atoms with Crippen LogP contribution < -0.4 is 5.73 Å². The molecule has 2 rings (SSSR count). The van der Waals surface area contributed by atoms with Gasteiger partial charge in [-0.2, -0.15) is 0 Å². The van der Waals surface area contributed by atoms with Gasteiger partial charge >= 0.3 is 0 Å². The van der Waals surface area contributed by atoms with Crippen LogP contribution in [-0.4, -0.2) is 29.9 Å². The maximum Gasteiger partial charge on any atom is 0.255 e. The lowest BCUT2D eigenvalue weighted by Gasteiger charge is -2.33. The van der Waals surface area contributed by atoms with Crippen molar-refractivity contribution in [3.05, 3.63) is 34.1 Å². The van der Waals surface area contributed by atoms with Crippen LogP contribution in [0.5, 0.6) is 0 Å². The molecule has 1 aromatic carbocycles. The van der Waals surface area contributed by atoms with Crippen molar-refractivity contribution in [2.24, 2.45) is 5.73 Å². The second-order valence-corrected chi connectivity index (χ2v) is 5.97. The Morgan fingerprint density at radius 1 is 1.35 bits per heavy atom. The number of nitrogens with zero attached hydrogens (tertiary/aromatic N) is 1. The van der Waals surface area contributed by atoms with Gasteiger partial charge in [0.15, 0.2) is 0 Å². The average molecular weight is 299 g/mol. The van der Waals surface area contributed by atoms with Gasteiger partial charge in [-0.3, -0.25) is 4.79 Å². The number of aryl methyl sites for hydroxylation is 1. The maximum absolute atomic E-state index is 13.6. The Kier molecular flexibility index (Phi) is 4.66. The van der Waals surface area contributed by atoms with Crippen LogP contribution in [0.1, 0.15) is 41.6 Å². The van der Waals surface area contributed by atoms with Crippen LogP contribution in [0.15, 0.2) is 12.1 Å². The van der Waals surface area contributed by atoms with Crippen LogP contribution in [-0.2, 0) is 0 Å². The van der Waals surface area contributed by atoms with Gasteiger partial charge in [-0.1, -0.05) is 11.6 Å². The molecule has 0 aliphatic heterocycles. The van der Waals surface area contributed by atoms with Crippen molar-refractivity contribution in [1.29, 1.82) is 0 Å². The highest BCUT2D eigenvalue weighted by molar-refractivity contribution is 6.33. The largest absolute Gasteiger partial charge is 0.339 e. The lowest BCUT2D eigenvalue weighted by molar-refractivity contribution is 0.0689. The van der Waals surface area contributed by atoms with E-state index < -0.39 is 5.82 Å². The Morgan fingerprint density at radius 2 is 1.95 bits per heavy atom. The van der Waals surface area contributed by atoms with Gasteiger partial charge in [0.2, 0.25) is 0 Å². The minimum absolute atomic E-state index is 0.155. The summed E-state index contributed by atoms with van der Waals surface area (Å²) < 4.78 is 13.6. The molecule has 3 nitrogen and oxygen atoms in total. The van der Waals surface area contributed by atoms with E-state index >= 15 is 0 Å². The molecule has 1 aliphatic rings. The van der Waals surface area contributed by atoms with Gasteiger partial charge in [-0.05, 0) is 50.3 Å². The molecule has 1 aliphatic carbocycles. The highest BCUT2D eigenvalue weighted by Gasteiger charge is 2.27. The second kappa shape index (κ2) is 6.10. The van der Waals surface area contributed by atoms with Gasteiger partial charge in [0.05, 0.1) is 10.6 Å². The lowest BCUT2D eigenvalue weighted by Crippen LogP contribution is -2.42. The fourth-order valence-electron chi connectivity index (χ4n) is 2.65. The van der Waals surface area contributed by atoms with Crippen molar-refractivity contribution in [3.63, 3.8) is 0 Å². The summed E-state index contributed by atoms with van der Waals surface area (Å²) >= 11 is 6.07. The van der Waals surface area contributed by atoms with Crippen LogP contribution in [0.4, 0.5) is 4.39 Å². The number of carbonyl (C=O) groups excluding carboxylic acids is 1. The van der Waals surface area contributed by atoms with Crippen molar-refractivity contribution in [1.82, 2.24) is 4.90 Å². The molecule has 1 fully saturated rings. The molecule has 1 amide bonds. The summed E-state index contributed by atoms with van der Waals surface area (Å²) in [4.78, 5) is 14.1. The molecule has 2 N–H and O–H groups in total. The zero-order chi connectivity index (χ0) is 14.9. The van der Waals surface area contributed by atoms with Crippen molar-refractivity contribution in [3.8, 4) is 0 Å². The topological polar surface area (TPSA) is 46.3 Å². The van der Waals surface area contributed by atoms with E-state index in [0.29, 0.717) is 10.6 Å². The third-order valence-electron chi connectivity index (χ3n) is 4.09. The fourth-order valence-corrected chi connectivity index (χ4v) is 2.95. The average Bonchev–Trinajstić information content (AvgIpc) is 2.42. The number of amides is 1. The third-order valence-corrected chi connectivity index (χ3v) is 4.40. The normalized spacial score (nSPS) is 22.6. The van der Waals surface area contributed by atoms with E-state index in [1.54, 1.807) is 18.9 Å². The predicted octanol–water partition coefficient (Wildman–Crippen LogP) is 3.13. The summed E-state index contributed by atoms with van der Waals surface area (Å²) in [6.45, 7) is 1.63. The second-order valence-electron chi connectivity index (χ2n) is 5.57. The van der Waals surface area contributed by atoms with E-state index in [9.17, 15) is 9.18 Å². The van der Waals surface area contributed by atoms with E-state index in [1.165, 1.54) is 12.1 Å². The highest BCUT2D eigenvalue weighted by Crippen LogP contribution is 2.26. The standard InChI is InChI=1S/C15H20ClFN2O/c1-9-7-13(16)12(8-14(9)17)15(20)19(2)11-5-3-10(18)4-6-11/h7-8,10-11H,3-6,18H2,1-2H3. The molecule has 0 spiro atoms. The first kappa shape index (κ1) is 15.3. The molecule has 0 heterocycles. The summed E-state index contributed by atoms with van der Waals surface area (Å²) in [5, 5.41) is 0.299. The molecule has 20 heavy (non-hydrogen) atoms. The number of rotatable bonds is 2. The quantitative estimate of drug-likeness (QED) is 0.912. The smallest absolute Gasteiger partial charge is 0.255 e. The summed E-state index contributed by atoms with van der Waals surface area (Å²) in [6.07, 6.45) is 3.60. The minimum atomic E-state index is -0.406. The van der Waals surface area contributed by atoms with E-state index in [1.807, 2.05) is 0 Å². The van der Waals surface area contributed by atoms with Gasteiger partial charge in [-0.15, -0.1) is 0 Å². The Labute approximate surface area is 123 Å². The summed E-state index contributed by atoms with van der Waals surface area (Å²) in [7, 11) is 1.75. The maximum atomic E-state index is 13.6. The molecule has 1 aromatic rings. The van der Waals surface area contributed by atoms with Crippen molar-refractivity contribution < 1.29 is 9.18 Å². The number of benzene rings is 1. The van der Waals surface area contributed by atoms with Gasteiger partial charge in [-0.25, -0.2) is 4.39 Å².